The number of carbonyl (C=O) groups is 2. The van der Waals surface area contributed by atoms with E-state index in [1.165, 1.54) is 0 Å². The molecule has 1 aliphatic rings. The van der Waals surface area contributed by atoms with Gasteiger partial charge < -0.3 is 16.2 Å². The third-order valence-corrected chi connectivity index (χ3v) is 4.45. The summed E-state index contributed by atoms with van der Waals surface area (Å²) in [6, 6.07) is -1.20. The van der Waals surface area contributed by atoms with Gasteiger partial charge in [-0.3, -0.25) is 4.79 Å². The number of nitrogens with one attached hydrogen (secondary N) is 1. The van der Waals surface area contributed by atoms with Crippen LogP contribution in [0.3, 0.4) is 0 Å². The van der Waals surface area contributed by atoms with Gasteiger partial charge in [0.05, 0.1) is 5.75 Å². The van der Waals surface area contributed by atoms with Crippen LogP contribution in [-0.2, 0) is 19.4 Å². The second-order valence-electron chi connectivity index (χ2n) is 5.44. The molecule has 1 aliphatic carbocycles. The minimum Gasteiger partial charge on any atom is -0.480 e. The lowest BCUT2D eigenvalue weighted by molar-refractivity contribution is -0.142. The molecule has 1 amide bonds. The van der Waals surface area contributed by atoms with Crippen molar-refractivity contribution < 1.29 is 23.1 Å². The van der Waals surface area contributed by atoms with E-state index in [4.69, 9.17) is 10.8 Å². The van der Waals surface area contributed by atoms with Gasteiger partial charge >= 0.3 is 5.97 Å². The van der Waals surface area contributed by atoms with E-state index in [2.05, 4.69) is 5.32 Å². The Morgan fingerprint density at radius 3 is 2.55 bits per heavy atom. The normalized spacial score (nSPS) is 24.9. The minimum atomic E-state index is -3.26. The van der Waals surface area contributed by atoms with Crippen LogP contribution in [0.2, 0.25) is 0 Å². The third kappa shape index (κ3) is 5.87. The lowest BCUT2D eigenvalue weighted by atomic mass is 9.85. The zero-order valence-electron chi connectivity index (χ0n) is 11.5. The first-order chi connectivity index (χ1) is 9.19. The fourth-order valence-corrected chi connectivity index (χ4v) is 3.01. The molecule has 116 valence electrons. The van der Waals surface area contributed by atoms with E-state index < -0.39 is 21.8 Å². The summed E-state index contributed by atoms with van der Waals surface area (Å²) in [7, 11) is -3.26. The Kier molecular flexibility index (Phi) is 5.94. The molecule has 0 aromatic heterocycles. The topological polar surface area (TPSA) is 127 Å². The summed E-state index contributed by atoms with van der Waals surface area (Å²) >= 11 is 0. The van der Waals surface area contributed by atoms with E-state index in [9.17, 15) is 18.0 Å². The molecule has 7 nitrogen and oxygen atoms in total. The van der Waals surface area contributed by atoms with Crippen molar-refractivity contribution >= 4 is 21.7 Å². The third-order valence-electron chi connectivity index (χ3n) is 3.48. The first kappa shape index (κ1) is 16.9. The van der Waals surface area contributed by atoms with Gasteiger partial charge in [-0.1, -0.05) is 6.42 Å². The fourth-order valence-electron chi connectivity index (χ4n) is 2.34. The number of carbonyl (C=O) groups excluding carboxylic acids is 1. The van der Waals surface area contributed by atoms with E-state index in [0.717, 1.165) is 19.1 Å². The Hall–Kier alpha value is -1.15. The Bertz CT molecular complexity index is 462. The predicted octanol–water partition coefficient (Wildman–Crippen LogP) is -0.492. The van der Waals surface area contributed by atoms with Gasteiger partial charge in [0.2, 0.25) is 5.91 Å². The van der Waals surface area contributed by atoms with Crippen LogP contribution in [0.4, 0.5) is 0 Å². The highest BCUT2D eigenvalue weighted by Gasteiger charge is 2.29. The smallest absolute Gasteiger partial charge is 0.326 e. The molecule has 0 aromatic rings. The van der Waals surface area contributed by atoms with E-state index in [1.54, 1.807) is 0 Å². The molecule has 0 aliphatic heterocycles. The molecule has 0 spiro atoms. The van der Waals surface area contributed by atoms with Gasteiger partial charge in [-0.15, -0.1) is 0 Å². The number of carboxylic acid groups (broad SMARTS) is 1. The molecular formula is C12H22N2O5S. The number of hydrogen-bond donors (Lipinski definition) is 3. The number of hydrogen-bond acceptors (Lipinski definition) is 5. The molecule has 0 radical (unpaired) electrons. The Labute approximate surface area is 118 Å². The molecule has 1 saturated carbocycles. The molecular weight excluding hydrogens is 284 g/mol. The lowest BCUT2D eigenvalue weighted by Gasteiger charge is -2.26. The van der Waals surface area contributed by atoms with Crippen molar-refractivity contribution in [2.75, 3.05) is 12.0 Å². The number of rotatable bonds is 6. The van der Waals surface area contributed by atoms with Gasteiger partial charge in [-0.2, -0.15) is 0 Å². The maximum Gasteiger partial charge on any atom is 0.326 e. The summed E-state index contributed by atoms with van der Waals surface area (Å²) < 4.78 is 22.1. The second kappa shape index (κ2) is 7.03. The maximum absolute atomic E-state index is 12.0. The van der Waals surface area contributed by atoms with Crippen LogP contribution in [-0.4, -0.2) is 49.5 Å². The standard InChI is InChI=1S/C12H22N2O5S/c1-20(18,19)6-5-10(12(16)17)14-11(15)8-3-2-4-9(13)7-8/h8-10H,2-7,13H2,1H3,(H,14,15)(H,16,17). The number of carboxylic acids is 1. The molecule has 20 heavy (non-hydrogen) atoms. The lowest BCUT2D eigenvalue weighted by Crippen LogP contribution is -2.46. The van der Waals surface area contributed by atoms with Crippen LogP contribution in [0.15, 0.2) is 0 Å². The highest BCUT2D eigenvalue weighted by molar-refractivity contribution is 7.90. The van der Waals surface area contributed by atoms with Crippen LogP contribution in [0.25, 0.3) is 0 Å². The van der Waals surface area contributed by atoms with Crippen LogP contribution in [0.1, 0.15) is 32.1 Å². The molecule has 3 unspecified atom stereocenters. The van der Waals surface area contributed by atoms with E-state index in [1.807, 2.05) is 0 Å². The molecule has 8 heteroatoms. The molecule has 0 saturated heterocycles. The second-order valence-corrected chi connectivity index (χ2v) is 7.70. The van der Waals surface area contributed by atoms with Crippen molar-refractivity contribution in [3.63, 3.8) is 0 Å². The van der Waals surface area contributed by atoms with Crippen molar-refractivity contribution in [3.05, 3.63) is 0 Å². The molecule has 3 atom stereocenters. The number of aliphatic carboxylic acids is 1. The van der Waals surface area contributed by atoms with Crippen LogP contribution in [0.5, 0.6) is 0 Å². The van der Waals surface area contributed by atoms with Gasteiger partial charge in [0.25, 0.3) is 0 Å². The number of amides is 1. The Balaban J connectivity index is 2.56. The molecule has 1 fully saturated rings. The van der Waals surface area contributed by atoms with Crippen molar-refractivity contribution in [2.45, 2.75) is 44.2 Å². The average molecular weight is 306 g/mol. The summed E-state index contributed by atoms with van der Waals surface area (Å²) in [6.45, 7) is 0. The predicted molar refractivity (Wildman–Crippen MR) is 73.8 cm³/mol. The van der Waals surface area contributed by atoms with Crippen LogP contribution < -0.4 is 11.1 Å². The largest absolute Gasteiger partial charge is 0.480 e. The molecule has 4 N–H and O–H groups in total. The van der Waals surface area contributed by atoms with E-state index >= 15 is 0 Å². The Morgan fingerprint density at radius 1 is 1.40 bits per heavy atom. The first-order valence-electron chi connectivity index (χ1n) is 6.65. The summed E-state index contributed by atoms with van der Waals surface area (Å²) in [6.07, 6.45) is 3.87. The average Bonchev–Trinajstić information content (AvgIpc) is 2.32. The van der Waals surface area contributed by atoms with Gasteiger partial charge in [0, 0.05) is 18.2 Å². The summed E-state index contributed by atoms with van der Waals surface area (Å²) in [4.78, 5) is 23.1. The zero-order valence-corrected chi connectivity index (χ0v) is 12.4. The van der Waals surface area contributed by atoms with Gasteiger partial charge in [-0.25, -0.2) is 13.2 Å². The molecule has 0 bridgehead atoms. The highest BCUT2D eigenvalue weighted by Crippen LogP contribution is 2.23. The summed E-state index contributed by atoms with van der Waals surface area (Å²) in [5, 5.41) is 11.5. The van der Waals surface area contributed by atoms with Crippen molar-refractivity contribution in [1.82, 2.24) is 5.32 Å². The van der Waals surface area contributed by atoms with Crippen molar-refractivity contribution in [3.8, 4) is 0 Å². The van der Waals surface area contributed by atoms with Gasteiger partial charge in [0.15, 0.2) is 0 Å². The van der Waals surface area contributed by atoms with Gasteiger partial charge in [0.1, 0.15) is 15.9 Å². The van der Waals surface area contributed by atoms with E-state index in [0.29, 0.717) is 12.8 Å². The summed E-state index contributed by atoms with van der Waals surface area (Å²) in [5.74, 6) is -2.11. The molecule has 0 heterocycles. The monoisotopic (exact) mass is 306 g/mol. The fraction of sp³-hybridized carbons (Fsp3) is 0.833. The molecule has 0 aromatic carbocycles. The highest BCUT2D eigenvalue weighted by atomic mass is 32.2. The van der Waals surface area contributed by atoms with Crippen molar-refractivity contribution in [1.29, 1.82) is 0 Å². The first-order valence-corrected chi connectivity index (χ1v) is 8.71. The SMILES string of the molecule is CS(=O)(=O)CCC(NC(=O)C1CCCC(N)C1)C(=O)O. The minimum absolute atomic E-state index is 0.0289. The number of nitrogens with two attached hydrogens (primary N) is 1. The maximum atomic E-state index is 12.0. The van der Waals surface area contributed by atoms with Crippen LogP contribution >= 0.6 is 0 Å². The zero-order chi connectivity index (χ0) is 15.3. The van der Waals surface area contributed by atoms with Crippen LogP contribution in [0, 0.1) is 5.92 Å². The Morgan fingerprint density at radius 2 is 2.05 bits per heavy atom. The summed E-state index contributed by atoms with van der Waals surface area (Å²) in [5.41, 5.74) is 5.79. The quantitative estimate of drug-likeness (QED) is 0.607. The van der Waals surface area contributed by atoms with E-state index in [-0.39, 0.29) is 30.0 Å². The number of sulfone groups is 1. The van der Waals surface area contributed by atoms with Crippen molar-refractivity contribution in [2.24, 2.45) is 11.7 Å². The van der Waals surface area contributed by atoms with Gasteiger partial charge in [-0.05, 0) is 25.7 Å². The molecule has 1 rings (SSSR count).